The summed E-state index contributed by atoms with van der Waals surface area (Å²) < 4.78 is 5.94. The van der Waals surface area contributed by atoms with Crippen molar-refractivity contribution in [1.29, 1.82) is 0 Å². The Morgan fingerprint density at radius 1 is 1.27 bits per heavy atom. The van der Waals surface area contributed by atoms with Gasteiger partial charge in [-0.1, -0.05) is 31.9 Å². The molecule has 22 heavy (non-hydrogen) atoms. The van der Waals surface area contributed by atoms with Crippen molar-refractivity contribution in [3.63, 3.8) is 0 Å². The quantitative estimate of drug-likeness (QED) is 0.739. The smallest absolute Gasteiger partial charge is 0.248 e. The maximum atomic E-state index is 12.5. The van der Waals surface area contributed by atoms with Crippen molar-refractivity contribution in [3.8, 4) is 0 Å². The number of nitrogens with zero attached hydrogens (tertiary/aromatic N) is 1. The van der Waals surface area contributed by atoms with Gasteiger partial charge in [-0.05, 0) is 56.3 Å². The number of carbonyl (C=O) groups is 1. The van der Waals surface area contributed by atoms with Gasteiger partial charge in [0, 0.05) is 13.1 Å². The number of piperidine rings is 1. The molecule has 2 fully saturated rings. The molecule has 3 atom stereocenters. The first-order valence-electron chi connectivity index (χ1n) is 9.21. The normalized spacial score (nSPS) is 35.8. The topological polar surface area (TPSA) is 29.5 Å². The molecule has 1 spiro atoms. The van der Waals surface area contributed by atoms with E-state index in [2.05, 4.69) is 24.0 Å². The first-order valence-corrected chi connectivity index (χ1v) is 9.21. The molecule has 0 bridgehead atoms. The lowest BCUT2D eigenvalue weighted by atomic mass is 9.71. The Bertz CT molecular complexity index is 420. The molecule has 3 heteroatoms. The van der Waals surface area contributed by atoms with Crippen molar-refractivity contribution < 1.29 is 9.53 Å². The summed E-state index contributed by atoms with van der Waals surface area (Å²) in [6.07, 6.45) is 15.7. The number of allylic oxidation sites excluding steroid dienone is 2. The van der Waals surface area contributed by atoms with Crippen LogP contribution in [0.15, 0.2) is 12.2 Å². The highest BCUT2D eigenvalue weighted by molar-refractivity contribution is 5.77. The molecule has 0 N–H and O–H groups in total. The molecule has 0 aromatic rings. The zero-order valence-electron chi connectivity index (χ0n) is 14.1. The summed E-state index contributed by atoms with van der Waals surface area (Å²) >= 11 is 0. The fraction of sp³-hybridized carbons (Fsp3) is 0.842. The van der Waals surface area contributed by atoms with E-state index in [1.54, 1.807) is 0 Å². The van der Waals surface area contributed by atoms with Crippen molar-refractivity contribution in [2.24, 2.45) is 11.3 Å². The number of likely N-dealkylation sites (tertiary alicyclic amines) is 1. The SMILES string of the molecule is C[C@@H]1CCC[C@@H](OCC(=O)N2CCC[C@]3(CC=CCC3)C2)C1. The van der Waals surface area contributed by atoms with Gasteiger partial charge in [0.05, 0.1) is 6.10 Å². The van der Waals surface area contributed by atoms with Gasteiger partial charge in [-0.2, -0.15) is 0 Å². The maximum Gasteiger partial charge on any atom is 0.248 e. The van der Waals surface area contributed by atoms with Crippen molar-refractivity contribution in [2.75, 3.05) is 19.7 Å². The van der Waals surface area contributed by atoms with Crippen LogP contribution in [0.25, 0.3) is 0 Å². The van der Waals surface area contributed by atoms with E-state index in [0.717, 1.165) is 44.7 Å². The second kappa shape index (κ2) is 7.16. The lowest BCUT2D eigenvalue weighted by Crippen LogP contribution is -2.48. The Morgan fingerprint density at radius 3 is 2.95 bits per heavy atom. The van der Waals surface area contributed by atoms with E-state index in [1.165, 1.54) is 32.1 Å². The van der Waals surface area contributed by atoms with Crippen molar-refractivity contribution >= 4 is 5.91 Å². The molecule has 0 radical (unpaired) electrons. The minimum atomic E-state index is 0.215. The molecule has 0 aromatic carbocycles. The van der Waals surface area contributed by atoms with Gasteiger partial charge in [0.1, 0.15) is 6.61 Å². The Kier molecular flexibility index (Phi) is 5.22. The fourth-order valence-electron chi connectivity index (χ4n) is 4.54. The Hall–Kier alpha value is -0.830. The van der Waals surface area contributed by atoms with Crippen LogP contribution in [0.1, 0.15) is 64.7 Å². The van der Waals surface area contributed by atoms with Crippen LogP contribution >= 0.6 is 0 Å². The van der Waals surface area contributed by atoms with E-state index in [0.29, 0.717) is 18.1 Å². The molecular formula is C19H31NO2. The lowest BCUT2D eigenvalue weighted by molar-refractivity contribution is -0.142. The van der Waals surface area contributed by atoms with E-state index >= 15 is 0 Å². The van der Waals surface area contributed by atoms with E-state index < -0.39 is 0 Å². The molecular weight excluding hydrogens is 274 g/mol. The van der Waals surface area contributed by atoms with Crippen LogP contribution in [-0.2, 0) is 9.53 Å². The Balaban J connectivity index is 1.48. The average molecular weight is 305 g/mol. The fourth-order valence-corrected chi connectivity index (χ4v) is 4.54. The van der Waals surface area contributed by atoms with Crippen LogP contribution in [0.2, 0.25) is 0 Å². The molecule has 1 saturated heterocycles. The molecule has 2 aliphatic carbocycles. The summed E-state index contributed by atoms with van der Waals surface area (Å²) in [6, 6.07) is 0. The van der Waals surface area contributed by atoms with Gasteiger partial charge in [-0.15, -0.1) is 0 Å². The zero-order valence-corrected chi connectivity index (χ0v) is 14.1. The molecule has 3 rings (SSSR count). The third-order valence-electron chi connectivity index (χ3n) is 5.90. The predicted octanol–water partition coefficient (Wildman–Crippen LogP) is 3.93. The standard InChI is InChI=1S/C19H31NO2/c1-16-7-5-8-17(13-16)22-14-18(21)20-12-6-11-19(15-20)9-3-2-4-10-19/h2-3,16-17H,4-15H2,1H3/t16-,17-,19-/m1/s1. The molecule has 0 aromatic heterocycles. The van der Waals surface area contributed by atoms with Gasteiger partial charge >= 0.3 is 0 Å². The van der Waals surface area contributed by atoms with E-state index in [-0.39, 0.29) is 5.91 Å². The highest BCUT2D eigenvalue weighted by Gasteiger charge is 2.36. The number of rotatable bonds is 3. The number of carbonyl (C=O) groups excluding carboxylic acids is 1. The highest BCUT2D eigenvalue weighted by Crippen LogP contribution is 2.40. The van der Waals surface area contributed by atoms with Crippen LogP contribution in [0.4, 0.5) is 0 Å². The van der Waals surface area contributed by atoms with E-state index in [1.807, 2.05) is 0 Å². The lowest BCUT2D eigenvalue weighted by Gasteiger charge is -2.44. The monoisotopic (exact) mass is 305 g/mol. The van der Waals surface area contributed by atoms with Gasteiger partial charge < -0.3 is 9.64 Å². The van der Waals surface area contributed by atoms with Gasteiger partial charge in [0.25, 0.3) is 0 Å². The van der Waals surface area contributed by atoms with Gasteiger partial charge in [0.15, 0.2) is 0 Å². The second-order valence-electron chi connectivity index (χ2n) is 7.84. The minimum Gasteiger partial charge on any atom is -0.368 e. The molecule has 3 aliphatic rings. The van der Waals surface area contributed by atoms with Gasteiger partial charge in [-0.25, -0.2) is 0 Å². The van der Waals surface area contributed by atoms with Crippen LogP contribution in [0.5, 0.6) is 0 Å². The highest BCUT2D eigenvalue weighted by atomic mass is 16.5. The number of hydrogen-bond donors (Lipinski definition) is 0. The summed E-state index contributed by atoms with van der Waals surface area (Å²) in [4.78, 5) is 14.6. The molecule has 1 amide bonds. The first-order chi connectivity index (χ1) is 10.7. The molecule has 3 nitrogen and oxygen atoms in total. The van der Waals surface area contributed by atoms with Crippen LogP contribution in [0.3, 0.4) is 0 Å². The summed E-state index contributed by atoms with van der Waals surface area (Å²) in [5.41, 5.74) is 0.363. The minimum absolute atomic E-state index is 0.215. The van der Waals surface area contributed by atoms with E-state index in [9.17, 15) is 4.79 Å². The van der Waals surface area contributed by atoms with Crippen LogP contribution in [-0.4, -0.2) is 36.6 Å². The van der Waals surface area contributed by atoms with Gasteiger partial charge in [0.2, 0.25) is 5.91 Å². The third-order valence-corrected chi connectivity index (χ3v) is 5.90. The molecule has 124 valence electrons. The predicted molar refractivity (Wildman–Crippen MR) is 88.6 cm³/mol. The summed E-state index contributed by atoms with van der Waals surface area (Å²) in [5.74, 6) is 0.966. The van der Waals surface area contributed by atoms with Crippen LogP contribution in [0, 0.1) is 11.3 Å². The van der Waals surface area contributed by atoms with Crippen molar-refractivity contribution in [3.05, 3.63) is 12.2 Å². The zero-order chi connectivity index (χ0) is 15.4. The van der Waals surface area contributed by atoms with Crippen LogP contribution < -0.4 is 0 Å². The number of ether oxygens (including phenoxy) is 1. The molecule has 1 aliphatic heterocycles. The Morgan fingerprint density at radius 2 is 2.18 bits per heavy atom. The average Bonchev–Trinajstić information content (AvgIpc) is 2.53. The van der Waals surface area contributed by atoms with Crippen molar-refractivity contribution in [1.82, 2.24) is 4.90 Å². The summed E-state index contributed by atoms with van der Waals surface area (Å²) in [5, 5.41) is 0. The summed E-state index contributed by atoms with van der Waals surface area (Å²) in [6.45, 7) is 4.46. The van der Waals surface area contributed by atoms with E-state index in [4.69, 9.17) is 4.74 Å². The number of amides is 1. The third kappa shape index (κ3) is 3.92. The molecule has 0 unspecified atom stereocenters. The maximum absolute atomic E-state index is 12.5. The molecule has 1 heterocycles. The Labute approximate surface area is 135 Å². The first kappa shape index (κ1) is 16.0. The largest absolute Gasteiger partial charge is 0.368 e. The number of hydrogen-bond acceptors (Lipinski definition) is 2. The molecule has 1 saturated carbocycles. The van der Waals surface area contributed by atoms with Gasteiger partial charge in [-0.3, -0.25) is 4.79 Å². The second-order valence-corrected chi connectivity index (χ2v) is 7.84. The van der Waals surface area contributed by atoms with Crippen molar-refractivity contribution in [2.45, 2.75) is 70.8 Å². The summed E-state index contributed by atoms with van der Waals surface area (Å²) in [7, 11) is 0.